The van der Waals surface area contributed by atoms with Crippen molar-refractivity contribution < 1.29 is 24.1 Å². The summed E-state index contributed by atoms with van der Waals surface area (Å²) in [7, 11) is 0. The molecule has 1 heterocycles. The number of amides is 1. The Morgan fingerprint density at radius 3 is 2.65 bits per heavy atom. The maximum absolute atomic E-state index is 12.5. The smallest absolute Gasteiger partial charge is 0.410 e. The van der Waals surface area contributed by atoms with Gasteiger partial charge in [-0.25, -0.2) is 4.79 Å². The van der Waals surface area contributed by atoms with Crippen LogP contribution in [0.25, 0.3) is 0 Å². The van der Waals surface area contributed by atoms with E-state index >= 15 is 0 Å². The molecular formula is C20H31NO5. The third-order valence-corrected chi connectivity index (χ3v) is 4.22. The SMILES string of the molecule is CC[C@]1(O)CO[C@H](COCc2ccccc2)CN(C(=O)OC(C)(C)C)C1. The fraction of sp³-hybridized carbons (Fsp3) is 0.650. The minimum atomic E-state index is -1.08. The van der Waals surface area contributed by atoms with E-state index in [0.717, 1.165) is 5.56 Å². The van der Waals surface area contributed by atoms with Crippen molar-refractivity contribution in [2.75, 3.05) is 26.3 Å². The monoisotopic (exact) mass is 365 g/mol. The van der Waals surface area contributed by atoms with E-state index in [4.69, 9.17) is 14.2 Å². The first-order valence-electron chi connectivity index (χ1n) is 9.14. The molecule has 1 fully saturated rings. The molecule has 2 atom stereocenters. The number of ether oxygens (including phenoxy) is 3. The summed E-state index contributed by atoms with van der Waals surface area (Å²) in [5.41, 5.74) is -0.589. The van der Waals surface area contributed by atoms with Crippen molar-refractivity contribution in [3.8, 4) is 0 Å². The number of carbonyl (C=O) groups is 1. The second kappa shape index (κ2) is 8.84. The Kier molecular flexibility index (Phi) is 7.03. The molecule has 1 aromatic rings. The Labute approximate surface area is 156 Å². The Morgan fingerprint density at radius 2 is 2.04 bits per heavy atom. The maximum Gasteiger partial charge on any atom is 0.410 e. The lowest BCUT2D eigenvalue weighted by Gasteiger charge is -2.31. The van der Waals surface area contributed by atoms with Crippen molar-refractivity contribution in [2.45, 2.75) is 58.0 Å². The van der Waals surface area contributed by atoms with Crippen LogP contribution in [0.15, 0.2) is 30.3 Å². The predicted molar refractivity (Wildman–Crippen MR) is 98.9 cm³/mol. The lowest BCUT2D eigenvalue weighted by atomic mass is 10.0. The van der Waals surface area contributed by atoms with E-state index in [1.807, 2.05) is 58.0 Å². The maximum atomic E-state index is 12.5. The zero-order valence-corrected chi connectivity index (χ0v) is 16.2. The van der Waals surface area contributed by atoms with Gasteiger partial charge in [-0.05, 0) is 32.8 Å². The van der Waals surface area contributed by atoms with Crippen molar-refractivity contribution in [3.05, 3.63) is 35.9 Å². The van der Waals surface area contributed by atoms with Crippen LogP contribution in [0.2, 0.25) is 0 Å². The van der Waals surface area contributed by atoms with Crippen molar-refractivity contribution in [2.24, 2.45) is 0 Å². The number of hydrogen-bond acceptors (Lipinski definition) is 5. The predicted octanol–water partition coefficient (Wildman–Crippen LogP) is 2.98. The standard InChI is InChI=1S/C20H31NO5/c1-5-20(23)14-21(18(22)26-19(2,3)4)11-17(25-15-20)13-24-12-16-9-7-6-8-10-16/h6-10,17,23H,5,11-15H2,1-4H3/t17-,20+/m0/s1. The van der Waals surface area contributed by atoms with Crippen LogP contribution < -0.4 is 0 Å². The van der Waals surface area contributed by atoms with Crippen LogP contribution in [0.4, 0.5) is 4.79 Å². The molecule has 1 amide bonds. The lowest BCUT2D eigenvalue weighted by molar-refractivity contribution is -0.0749. The average molecular weight is 365 g/mol. The first-order chi connectivity index (χ1) is 12.2. The molecule has 0 unspecified atom stereocenters. The largest absolute Gasteiger partial charge is 0.444 e. The van der Waals surface area contributed by atoms with E-state index in [9.17, 15) is 9.90 Å². The normalized spacial score (nSPS) is 24.2. The highest BCUT2D eigenvalue weighted by atomic mass is 16.6. The van der Waals surface area contributed by atoms with Crippen molar-refractivity contribution >= 4 is 6.09 Å². The number of carbonyl (C=O) groups excluding carboxylic acids is 1. The molecular weight excluding hydrogens is 334 g/mol. The molecule has 0 aliphatic carbocycles. The van der Waals surface area contributed by atoms with Gasteiger partial charge in [0.2, 0.25) is 0 Å². The van der Waals surface area contributed by atoms with Crippen molar-refractivity contribution in [1.82, 2.24) is 4.90 Å². The quantitative estimate of drug-likeness (QED) is 0.869. The number of benzene rings is 1. The Morgan fingerprint density at radius 1 is 1.35 bits per heavy atom. The molecule has 1 aromatic carbocycles. The van der Waals surface area contributed by atoms with Gasteiger partial charge in [-0.2, -0.15) is 0 Å². The zero-order valence-electron chi connectivity index (χ0n) is 16.2. The average Bonchev–Trinajstić information content (AvgIpc) is 2.75. The minimum absolute atomic E-state index is 0.169. The molecule has 0 aromatic heterocycles. The number of rotatable bonds is 5. The number of aliphatic hydroxyl groups is 1. The molecule has 0 bridgehead atoms. The summed E-state index contributed by atoms with van der Waals surface area (Å²) in [6, 6.07) is 9.88. The van der Waals surface area contributed by atoms with E-state index in [1.165, 1.54) is 4.90 Å². The van der Waals surface area contributed by atoms with E-state index in [0.29, 0.717) is 26.2 Å². The highest BCUT2D eigenvalue weighted by Gasteiger charge is 2.37. The van der Waals surface area contributed by atoms with E-state index in [-0.39, 0.29) is 19.3 Å². The topological polar surface area (TPSA) is 68.2 Å². The molecule has 0 spiro atoms. The summed E-state index contributed by atoms with van der Waals surface area (Å²) >= 11 is 0. The van der Waals surface area contributed by atoms with Gasteiger partial charge in [0.05, 0.1) is 39.0 Å². The first-order valence-corrected chi connectivity index (χ1v) is 9.14. The van der Waals surface area contributed by atoms with Gasteiger partial charge in [0.25, 0.3) is 0 Å². The molecule has 1 saturated heterocycles. The van der Waals surface area contributed by atoms with Gasteiger partial charge in [-0.1, -0.05) is 37.3 Å². The van der Waals surface area contributed by atoms with Crippen LogP contribution >= 0.6 is 0 Å². The molecule has 1 aliphatic heterocycles. The van der Waals surface area contributed by atoms with Gasteiger partial charge in [0.15, 0.2) is 0 Å². The van der Waals surface area contributed by atoms with E-state index < -0.39 is 17.3 Å². The summed E-state index contributed by atoms with van der Waals surface area (Å²) in [6.45, 7) is 8.85. The molecule has 1 aliphatic rings. The van der Waals surface area contributed by atoms with Crippen molar-refractivity contribution in [3.63, 3.8) is 0 Å². The van der Waals surface area contributed by atoms with Crippen LogP contribution in [-0.4, -0.2) is 59.7 Å². The van der Waals surface area contributed by atoms with Gasteiger partial charge < -0.3 is 24.2 Å². The Balaban J connectivity index is 1.97. The molecule has 2 rings (SSSR count). The third-order valence-electron chi connectivity index (χ3n) is 4.22. The van der Waals surface area contributed by atoms with Crippen molar-refractivity contribution in [1.29, 1.82) is 0 Å². The second-order valence-electron chi connectivity index (χ2n) is 7.87. The summed E-state index contributed by atoms with van der Waals surface area (Å²) in [4.78, 5) is 14.0. The van der Waals surface area contributed by atoms with Crippen LogP contribution in [0.3, 0.4) is 0 Å². The molecule has 0 saturated carbocycles. The van der Waals surface area contributed by atoms with Crippen LogP contribution in [0.5, 0.6) is 0 Å². The van der Waals surface area contributed by atoms with Crippen LogP contribution in [-0.2, 0) is 20.8 Å². The second-order valence-corrected chi connectivity index (χ2v) is 7.87. The first kappa shape index (κ1) is 20.7. The fourth-order valence-corrected chi connectivity index (χ4v) is 2.70. The summed E-state index contributed by atoms with van der Waals surface area (Å²) < 4.78 is 17.1. The molecule has 146 valence electrons. The molecule has 0 radical (unpaired) electrons. The van der Waals surface area contributed by atoms with Gasteiger partial charge in [0, 0.05) is 0 Å². The fourth-order valence-electron chi connectivity index (χ4n) is 2.70. The molecule has 6 nitrogen and oxygen atoms in total. The van der Waals surface area contributed by atoms with Gasteiger partial charge in [0.1, 0.15) is 11.2 Å². The number of nitrogens with zero attached hydrogens (tertiary/aromatic N) is 1. The third kappa shape index (κ3) is 6.59. The zero-order chi connectivity index (χ0) is 19.2. The van der Waals surface area contributed by atoms with E-state index in [1.54, 1.807) is 0 Å². The summed E-state index contributed by atoms with van der Waals surface area (Å²) in [5.74, 6) is 0. The van der Waals surface area contributed by atoms with Gasteiger partial charge >= 0.3 is 6.09 Å². The molecule has 26 heavy (non-hydrogen) atoms. The summed E-state index contributed by atoms with van der Waals surface area (Å²) in [6.07, 6.45) is -0.265. The van der Waals surface area contributed by atoms with Gasteiger partial charge in [-0.15, -0.1) is 0 Å². The van der Waals surface area contributed by atoms with E-state index in [2.05, 4.69) is 0 Å². The number of β-amino-alcohol motifs (C(OH)–C–C–N with tert-alkyl or cyclic N) is 1. The minimum Gasteiger partial charge on any atom is -0.444 e. The Hall–Kier alpha value is -1.63. The lowest BCUT2D eigenvalue weighted by Crippen LogP contribution is -2.48. The highest BCUT2D eigenvalue weighted by Crippen LogP contribution is 2.21. The Bertz CT molecular complexity index is 571. The number of hydrogen-bond donors (Lipinski definition) is 1. The van der Waals surface area contributed by atoms with Crippen LogP contribution in [0, 0.1) is 0 Å². The molecule has 1 N–H and O–H groups in total. The highest BCUT2D eigenvalue weighted by molar-refractivity contribution is 5.68. The van der Waals surface area contributed by atoms with Crippen LogP contribution in [0.1, 0.15) is 39.7 Å². The molecule has 6 heteroatoms. The summed E-state index contributed by atoms with van der Waals surface area (Å²) in [5, 5.41) is 10.7. The van der Waals surface area contributed by atoms with Gasteiger partial charge in [-0.3, -0.25) is 0 Å².